The highest BCUT2D eigenvalue weighted by Gasteiger charge is 2.01. The Kier molecular flexibility index (Phi) is 3.42. The predicted octanol–water partition coefficient (Wildman–Crippen LogP) is 4.05. The number of rotatable bonds is 4. The molecule has 20 heavy (non-hydrogen) atoms. The van der Waals surface area contributed by atoms with Crippen LogP contribution in [0.1, 0.15) is 23.9 Å². The quantitative estimate of drug-likeness (QED) is 0.747. The standard InChI is InChI=1S/C17H19N3/c1-3-13-4-6-14(7-5-13)11-18-15-8-9-16-17(10-15)20-12(2)19-16/h4-10,18H,3,11H2,1-2H3,(H,19,20). The molecule has 0 aliphatic heterocycles. The predicted molar refractivity (Wildman–Crippen MR) is 84.0 cm³/mol. The highest BCUT2D eigenvalue weighted by molar-refractivity contribution is 5.79. The number of benzene rings is 2. The van der Waals surface area contributed by atoms with Crippen LogP contribution < -0.4 is 5.32 Å². The van der Waals surface area contributed by atoms with Crippen LogP contribution in [0.3, 0.4) is 0 Å². The van der Waals surface area contributed by atoms with E-state index >= 15 is 0 Å². The number of anilines is 1. The van der Waals surface area contributed by atoms with E-state index in [-0.39, 0.29) is 0 Å². The summed E-state index contributed by atoms with van der Waals surface area (Å²) in [6.07, 6.45) is 1.09. The highest BCUT2D eigenvalue weighted by Crippen LogP contribution is 2.18. The van der Waals surface area contributed by atoms with Gasteiger partial charge >= 0.3 is 0 Å². The van der Waals surface area contributed by atoms with Gasteiger partial charge in [0.05, 0.1) is 11.0 Å². The Morgan fingerprint density at radius 1 is 1.05 bits per heavy atom. The van der Waals surface area contributed by atoms with E-state index in [0.29, 0.717) is 0 Å². The minimum Gasteiger partial charge on any atom is -0.381 e. The molecule has 0 bridgehead atoms. The Labute approximate surface area is 119 Å². The second-order valence-electron chi connectivity index (χ2n) is 5.08. The molecule has 0 aliphatic rings. The average molecular weight is 265 g/mol. The van der Waals surface area contributed by atoms with Crippen molar-refractivity contribution in [1.29, 1.82) is 0 Å². The zero-order chi connectivity index (χ0) is 13.9. The molecule has 2 N–H and O–H groups in total. The number of aromatic amines is 1. The van der Waals surface area contributed by atoms with Crippen LogP contribution in [0.5, 0.6) is 0 Å². The lowest BCUT2D eigenvalue weighted by Gasteiger charge is -2.07. The number of nitrogens with zero attached hydrogens (tertiary/aromatic N) is 1. The molecule has 102 valence electrons. The van der Waals surface area contributed by atoms with Gasteiger partial charge in [0.2, 0.25) is 0 Å². The van der Waals surface area contributed by atoms with Gasteiger partial charge < -0.3 is 10.3 Å². The summed E-state index contributed by atoms with van der Waals surface area (Å²) >= 11 is 0. The van der Waals surface area contributed by atoms with Gasteiger partial charge in [-0.1, -0.05) is 31.2 Å². The van der Waals surface area contributed by atoms with Gasteiger partial charge in [0.25, 0.3) is 0 Å². The second kappa shape index (κ2) is 5.37. The number of hydrogen-bond acceptors (Lipinski definition) is 2. The number of imidazole rings is 1. The van der Waals surface area contributed by atoms with Gasteiger partial charge in [-0.3, -0.25) is 0 Å². The van der Waals surface area contributed by atoms with Gasteiger partial charge in [-0.05, 0) is 42.7 Å². The number of aromatic nitrogens is 2. The number of aryl methyl sites for hydroxylation is 2. The normalized spacial score (nSPS) is 10.9. The van der Waals surface area contributed by atoms with E-state index in [4.69, 9.17) is 0 Å². The smallest absolute Gasteiger partial charge is 0.104 e. The van der Waals surface area contributed by atoms with Crippen LogP contribution in [0.15, 0.2) is 42.5 Å². The first-order valence-corrected chi connectivity index (χ1v) is 7.02. The minimum absolute atomic E-state index is 0.836. The molecule has 0 aliphatic carbocycles. The molecule has 3 nitrogen and oxygen atoms in total. The van der Waals surface area contributed by atoms with Crippen LogP contribution >= 0.6 is 0 Å². The molecule has 2 aromatic carbocycles. The van der Waals surface area contributed by atoms with Crippen LogP contribution in [0.4, 0.5) is 5.69 Å². The van der Waals surface area contributed by atoms with E-state index < -0.39 is 0 Å². The van der Waals surface area contributed by atoms with Gasteiger partial charge in [0.15, 0.2) is 0 Å². The van der Waals surface area contributed by atoms with E-state index in [1.165, 1.54) is 11.1 Å². The molecule has 0 amide bonds. The molecular weight excluding hydrogens is 246 g/mol. The maximum Gasteiger partial charge on any atom is 0.104 e. The average Bonchev–Trinajstić information content (AvgIpc) is 2.85. The van der Waals surface area contributed by atoms with Crippen LogP contribution in [-0.4, -0.2) is 9.97 Å². The molecular formula is C17H19N3. The van der Waals surface area contributed by atoms with E-state index in [9.17, 15) is 0 Å². The molecule has 0 atom stereocenters. The number of hydrogen-bond donors (Lipinski definition) is 2. The molecule has 0 unspecified atom stereocenters. The van der Waals surface area contributed by atoms with Crippen molar-refractivity contribution in [2.45, 2.75) is 26.8 Å². The summed E-state index contributed by atoms with van der Waals surface area (Å²) < 4.78 is 0. The Morgan fingerprint density at radius 3 is 2.55 bits per heavy atom. The first kappa shape index (κ1) is 12.7. The fourth-order valence-corrected chi connectivity index (χ4v) is 2.34. The molecule has 0 fully saturated rings. The summed E-state index contributed by atoms with van der Waals surface area (Å²) in [5.41, 5.74) is 5.88. The fourth-order valence-electron chi connectivity index (χ4n) is 2.34. The summed E-state index contributed by atoms with van der Waals surface area (Å²) in [7, 11) is 0. The van der Waals surface area contributed by atoms with Crippen molar-refractivity contribution in [2.24, 2.45) is 0 Å². The number of fused-ring (bicyclic) bond motifs is 1. The van der Waals surface area contributed by atoms with Crippen molar-refractivity contribution < 1.29 is 0 Å². The van der Waals surface area contributed by atoms with Gasteiger partial charge in [0, 0.05) is 12.2 Å². The summed E-state index contributed by atoms with van der Waals surface area (Å²) in [5.74, 6) is 0.951. The third kappa shape index (κ3) is 2.67. The van der Waals surface area contributed by atoms with Crippen LogP contribution in [-0.2, 0) is 13.0 Å². The number of nitrogens with one attached hydrogen (secondary N) is 2. The lowest BCUT2D eigenvalue weighted by atomic mass is 10.1. The maximum atomic E-state index is 4.41. The summed E-state index contributed by atoms with van der Waals surface area (Å²) in [6.45, 7) is 4.99. The SMILES string of the molecule is CCc1ccc(CNc2ccc3nc(C)[nH]c3c2)cc1. The Hall–Kier alpha value is -2.29. The Morgan fingerprint density at radius 2 is 1.80 bits per heavy atom. The lowest BCUT2D eigenvalue weighted by molar-refractivity contribution is 1.11. The lowest BCUT2D eigenvalue weighted by Crippen LogP contribution is -1.99. The third-order valence-corrected chi connectivity index (χ3v) is 3.53. The largest absolute Gasteiger partial charge is 0.381 e. The molecule has 0 spiro atoms. The first-order chi connectivity index (χ1) is 9.74. The van der Waals surface area contributed by atoms with Crippen molar-refractivity contribution in [2.75, 3.05) is 5.32 Å². The second-order valence-corrected chi connectivity index (χ2v) is 5.08. The Balaban J connectivity index is 1.72. The molecule has 1 aromatic heterocycles. The maximum absolute atomic E-state index is 4.41. The highest BCUT2D eigenvalue weighted by atomic mass is 14.9. The van der Waals surface area contributed by atoms with Crippen molar-refractivity contribution in [3.63, 3.8) is 0 Å². The summed E-state index contributed by atoms with van der Waals surface area (Å²) in [4.78, 5) is 7.67. The molecule has 1 heterocycles. The fraction of sp³-hybridized carbons (Fsp3) is 0.235. The molecule has 0 saturated carbocycles. The van der Waals surface area contributed by atoms with Gasteiger partial charge in [-0.15, -0.1) is 0 Å². The number of H-pyrrole nitrogens is 1. The zero-order valence-electron chi connectivity index (χ0n) is 11.9. The van der Waals surface area contributed by atoms with E-state index in [1.54, 1.807) is 0 Å². The zero-order valence-corrected chi connectivity index (χ0v) is 11.9. The third-order valence-electron chi connectivity index (χ3n) is 3.53. The monoisotopic (exact) mass is 265 g/mol. The topological polar surface area (TPSA) is 40.7 Å². The van der Waals surface area contributed by atoms with Crippen molar-refractivity contribution in [3.05, 3.63) is 59.4 Å². The van der Waals surface area contributed by atoms with Crippen LogP contribution in [0.2, 0.25) is 0 Å². The molecule has 3 rings (SSSR count). The van der Waals surface area contributed by atoms with Crippen molar-refractivity contribution >= 4 is 16.7 Å². The first-order valence-electron chi connectivity index (χ1n) is 7.02. The van der Waals surface area contributed by atoms with Crippen LogP contribution in [0, 0.1) is 6.92 Å². The van der Waals surface area contributed by atoms with Gasteiger partial charge in [0.1, 0.15) is 5.82 Å². The van der Waals surface area contributed by atoms with E-state index in [0.717, 1.165) is 35.5 Å². The van der Waals surface area contributed by atoms with Crippen LogP contribution in [0.25, 0.3) is 11.0 Å². The summed E-state index contributed by atoms with van der Waals surface area (Å²) in [5, 5.41) is 3.45. The van der Waals surface area contributed by atoms with Gasteiger partial charge in [-0.2, -0.15) is 0 Å². The molecule has 3 aromatic rings. The Bertz CT molecular complexity index is 711. The minimum atomic E-state index is 0.836. The van der Waals surface area contributed by atoms with Gasteiger partial charge in [-0.25, -0.2) is 4.98 Å². The molecule has 0 radical (unpaired) electrons. The van der Waals surface area contributed by atoms with Crippen molar-refractivity contribution in [1.82, 2.24) is 9.97 Å². The van der Waals surface area contributed by atoms with E-state index in [1.807, 2.05) is 13.0 Å². The van der Waals surface area contributed by atoms with E-state index in [2.05, 4.69) is 58.6 Å². The van der Waals surface area contributed by atoms with Crippen molar-refractivity contribution in [3.8, 4) is 0 Å². The summed E-state index contributed by atoms with van der Waals surface area (Å²) in [6, 6.07) is 15.0. The molecule has 0 saturated heterocycles. The molecule has 3 heteroatoms.